The van der Waals surface area contributed by atoms with Crippen LogP contribution in [0.2, 0.25) is 0 Å². The first-order chi connectivity index (χ1) is 7.63. The van der Waals surface area contributed by atoms with Gasteiger partial charge < -0.3 is 9.62 Å². The number of oxime groups is 1. The van der Waals surface area contributed by atoms with Crippen LogP contribution in [0.1, 0.15) is 5.56 Å². The Morgan fingerprint density at radius 3 is 2.94 bits per heavy atom. The first-order valence-electron chi connectivity index (χ1n) is 4.21. The quantitative estimate of drug-likeness (QED) is 0.497. The summed E-state index contributed by atoms with van der Waals surface area (Å²) < 4.78 is 18.4. The van der Waals surface area contributed by atoms with Crippen LogP contribution in [-0.2, 0) is 0 Å². The van der Waals surface area contributed by atoms with Crippen molar-refractivity contribution in [2.24, 2.45) is 5.16 Å². The number of halogens is 2. The van der Waals surface area contributed by atoms with E-state index in [1.165, 1.54) is 6.07 Å². The normalized spacial score (nSPS) is 11.4. The van der Waals surface area contributed by atoms with Gasteiger partial charge in [0.25, 0.3) is 0 Å². The van der Waals surface area contributed by atoms with E-state index in [9.17, 15) is 9.18 Å². The molecule has 0 saturated heterocycles. The molecule has 0 fully saturated rings. The minimum absolute atomic E-state index is 0.0912. The third-order valence-electron chi connectivity index (χ3n) is 2.04. The first-order valence-corrected chi connectivity index (χ1v) is 5.01. The lowest BCUT2D eigenvalue weighted by Crippen LogP contribution is -2.08. The number of rotatable bonds is 1. The molecule has 0 aliphatic rings. The van der Waals surface area contributed by atoms with Crippen molar-refractivity contribution in [1.82, 2.24) is 0 Å². The van der Waals surface area contributed by atoms with Gasteiger partial charge in [-0.1, -0.05) is 5.16 Å². The van der Waals surface area contributed by atoms with E-state index >= 15 is 0 Å². The van der Waals surface area contributed by atoms with Gasteiger partial charge in [0.2, 0.25) is 5.43 Å². The zero-order valence-corrected chi connectivity index (χ0v) is 9.36. The van der Waals surface area contributed by atoms with E-state index in [4.69, 9.17) is 9.62 Å². The van der Waals surface area contributed by atoms with E-state index in [2.05, 4.69) is 21.1 Å². The molecule has 0 bridgehead atoms. The van der Waals surface area contributed by atoms with Crippen LogP contribution in [0.25, 0.3) is 11.0 Å². The molecule has 0 amide bonds. The smallest absolute Gasteiger partial charge is 0.201 e. The van der Waals surface area contributed by atoms with Gasteiger partial charge in [0.15, 0.2) is 0 Å². The van der Waals surface area contributed by atoms with Gasteiger partial charge in [-0.25, -0.2) is 4.39 Å². The van der Waals surface area contributed by atoms with E-state index in [1.54, 1.807) is 0 Å². The van der Waals surface area contributed by atoms with Crippen LogP contribution in [-0.4, -0.2) is 11.4 Å². The van der Waals surface area contributed by atoms with Gasteiger partial charge in [-0.05, 0) is 22.0 Å². The van der Waals surface area contributed by atoms with Crippen LogP contribution >= 0.6 is 15.9 Å². The molecule has 1 N–H and O–H groups in total. The largest absolute Gasteiger partial charge is 0.463 e. The Balaban J connectivity index is 2.84. The second-order valence-electron chi connectivity index (χ2n) is 3.03. The Bertz CT molecular complexity index is 636. The summed E-state index contributed by atoms with van der Waals surface area (Å²) in [4.78, 5) is 11.8. The number of benzene rings is 1. The second-order valence-corrected chi connectivity index (χ2v) is 3.88. The van der Waals surface area contributed by atoms with Gasteiger partial charge in [0.05, 0.1) is 21.6 Å². The summed E-state index contributed by atoms with van der Waals surface area (Å²) in [5, 5.41) is 11.3. The van der Waals surface area contributed by atoms with Crippen LogP contribution in [0.5, 0.6) is 0 Å². The molecule has 0 unspecified atom stereocenters. The van der Waals surface area contributed by atoms with Crippen molar-refractivity contribution in [3.05, 3.63) is 44.5 Å². The molecule has 16 heavy (non-hydrogen) atoms. The lowest BCUT2D eigenvalue weighted by molar-refractivity contribution is 0.321. The summed E-state index contributed by atoms with van der Waals surface area (Å²) >= 11 is 2.98. The highest BCUT2D eigenvalue weighted by Crippen LogP contribution is 2.21. The zero-order chi connectivity index (χ0) is 11.7. The first kappa shape index (κ1) is 10.8. The molecule has 1 aromatic heterocycles. The van der Waals surface area contributed by atoms with Crippen LogP contribution in [0, 0.1) is 5.82 Å². The average Bonchev–Trinajstić information content (AvgIpc) is 2.26. The van der Waals surface area contributed by atoms with Crippen molar-refractivity contribution in [2.75, 3.05) is 0 Å². The molecule has 6 heteroatoms. The Kier molecular flexibility index (Phi) is 2.74. The SMILES string of the molecule is O=c1c(C=NO)coc2cc(F)c(Br)cc12. The fourth-order valence-corrected chi connectivity index (χ4v) is 1.63. The van der Waals surface area contributed by atoms with Gasteiger partial charge in [-0.3, -0.25) is 4.79 Å². The molecule has 0 aliphatic carbocycles. The molecule has 2 aromatic rings. The van der Waals surface area contributed by atoms with Crippen molar-refractivity contribution in [3.8, 4) is 0 Å². The fraction of sp³-hybridized carbons (Fsp3) is 0. The summed E-state index contributed by atoms with van der Waals surface area (Å²) in [6, 6.07) is 2.44. The van der Waals surface area contributed by atoms with Crippen molar-refractivity contribution >= 4 is 33.1 Å². The summed E-state index contributed by atoms with van der Waals surface area (Å²) in [6.45, 7) is 0. The van der Waals surface area contributed by atoms with Gasteiger partial charge in [-0.15, -0.1) is 0 Å². The summed E-state index contributed by atoms with van der Waals surface area (Å²) in [5.74, 6) is -0.515. The molecule has 0 atom stereocenters. The van der Waals surface area contributed by atoms with E-state index in [0.717, 1.165) is 18.5 Å². The van der Waals surface area contributed by atoms with Gasteiger partial charge >= 0.3 is 0 Å². The highest BCUT2D eigenvalue weighted by Gasteiger charge is 2.09. The summed E-state index contributed by atoms with van der Waals surface area (Å²) in [7, 11) is 0. The highest BCUT2D eigenvalue weighted by molar-refractivity contribution is 9.10. The van der Waals surface area contributed by atoms with Gasteiger partial charge in [0.1, 0.15) is 17.7 Å². The van der Waals surface area contributed by atoms with E-state index in [-0.39, 0.29) is 26.4 Å². The summed E-state index contributed by atoms with van der Waals surface area (Å²) in [5.41, 5.74) is -0.158. The standard InChI is InChI=1S/C10H5BrFNO3/c11-7-1-6-9(2-8(7)12)16-4-5(3-13-15)10(6)14/h1-4,15H. The van der Waals surface area contributed by atoms with E-state index < -0.39 is 5.82 Å². The minimum atomic E-state index is -0.515. The lowest BCUT2D eigenvalue weighted by Gasteiger charge is -1.99. The Morgan fingerprint density at radius 2 is 2.25 bits per heavy atom. The molecule has 4 nitrogen and oxygen atoms in total. The molecule has 0 spiro atoms. The zero-order valence-electron chi connectivity index (χ0n) is 7.78. The Hall–Kier alpha value is -1.69. The molecule has 0 saturated carbocycles. The Labute approximate surface area is 97.1 Å². The predicted molar refractivity (Wildman–Crippen MR) is 59.5 cm³/mol. The van der Waals surface area contributed by atoms with Crippen LogP contribution < -0.4 is 5.43 Å². The monoisotopic (exact) mass is 285 g/mol. The molecule has 1 aromatic carbocycles. The third kappa shape index (κ3) is 1.71. The molecular formula is C10H5BrFNO3. The minimum Gasteiger partial charge on any atom is -0.463 e. The molecular weight excluding hydrogens is 281 g/mol. The van der Waals surface area contributed by atoms with Crippen LogP contribution in [0.4, 0.5) is 4.39 Å². The topological polar surface area (TPSA) is 62.8 Å². The maximum Gasteiger partial charge on any atom is 0.201 e. The maximum atomic E-state index is 13.2. The van der Waals surface area contributed by atoms with Gasteiger partial charge in [0, 0.05) is 6.07 Å². The van der Waals surface area contributed by atoms with Crippen molar-refractivity contribution in [3.63, 3.8) is 0 Å². The predicted octanol–water partition coefficient (Wildman–Crippen LogP) is 2.50. The van der Waals surface area contributed by atoms with E-state index in [0.29, 0.717) is 0 Å². The summed E-state index contributed by atoms with van der Waals surface area (Å²) in [6.07, 6.45) is 2.07. The molecule has 1 heterocycles. The van der Waals surface area contributed by atoms with Gasteiger partial charge in [-0.2, -0.15) is 0 Å². The highest BCUT2D eigenvalue weighted by atomic mass is 79.9. The average molecular weight is 286 g/mol. The number of fused-ring (bicyclic) bond motifs is 1. The maximum absolute atomic E-state index is 13.2. The lowest BCUT2D eigenvalue weighted by atomic mass is 10.2. The van der Waals surface area contributed by atoms with Crippen LogP contribution in [0.15, 0.2) is 37.2 Å². The molecule has 82 valence electrons. The van der Waals surface area contributed by atoms with Crippen LogP contribution in [0.3, 0.4) is 0 Å². The Morgan fingerprint density at radius 1 is 1.50 bits per heavy atom. The fourth-order valence-electron chi connectivity index (χ4n) is 1.29. The molecule has 0 radical (unpaired) electrons. The third-order valence-corrected chi connectivity index (χ3v) is 2.65. The number of hydrogen-bond donors (Lipinski definition) is 1. The number of hydrogen-bond acceptors (Lipinski definition) is 4. The van der Waals surface area contributed by atoms with Crippen molar-refractivity contribution in [2.45, 2.75) is 0 Å². The van der Waals surface area contributed by atoms with E-state index in [1.807, 2.05) is 0 Å². The number of nitrogens with zero attached hydrogens (tertiary/aromatic N) is 1. The molecule has 2 rings (SSSR count). The van der Waals surface area contributed by atoms with Crippen molar-refractivity contribution in [1.29, 1.82) is 0 Å². The molecule has 0 aliphatic heterocycles. The second kappa shape index (κ2) is 4.05. The van der Waals surface area contributed by atoms with Crippen molar-refractivity contribution < 1.29 is 14.0 Å².